The largest absolute Gasteiger partial charge is 0.326 e. The van der Waals surface area contributed by atoms with Crippen LogP contribution in [0.4, 0.5) is 5.69 Å². The average molecular weight is 368 g/mol. The molecule has 1 aliphatic heterocycles. The Morgan fingerprint density at radius 1 is 1.24 bits per heavy atom. The lowest BCUT2D eigenvalue weighted by molar-refractivity contribution is -0.116. The number of anilines is 1. The fourth-order valence-electron chi connectivity index (χ4n) is 3.08. The second-order valence-electron chi connectivity index (χ2n) is 6.56. The highest BCUT2D eigenvalue weighted by Crippen LogP contribution is 2.25. The van der Waals surface area contributed by atoms with Crippen molar-refractivity contribution in [1.29, 1.82) is 0 Å². The lowest BCUT2D eigenvalue weighted by atomic mass is 10.0. The first-order valence-corrected chi connectivity index (χ1v) is 10.5. The molecule has 1 aromatic carbocycles. The molecule has 0 fully saturated rings. The van der Waals surface area contributed by atoms with E-state index in [9.17, 15) is 13.2 Å². The third kappa shape index (κ3) is 5.52. The summed E-state index contributed by atoms with van der Waals surface area (Å²) in [7, 11) is -3.54. The lowest BCUT2D eigenvalue weighted by Gasteiger charge is -2.20. The highest BCUT2D eigenvalue weighted by Gasteiger charge is 2.21. The Labute approximate surface area is 151 Å². The van der Waals surface area contributed by atoms with Crippen LogP contribution in [0.2, 0.25) is 0 Å². The van der Waals surface area contributed by atoms with Crippen molar-refractivity contribution < 1.29 is 13.2 Å². The molecule has 140 valence electrons. The zero-order valence-electron chi connectivity index (χ0n) is 15.3. The van der Waals surface area contributed by atoms with E-state index in [2.05, 4.69) is 28.8 Å². The standard InChI is InChI=1S/C18H29N3O3S/c1-4-21(5-2)12-6-7-14(3)20-25(23,24)16-9-10-17-15(13-16)8-11-18(22)19-17/h9-10,13-14,20H,4-8,11-12H2,1-3H3,(H,19,22)/t14-/m1/s1. The van der Waals surface area contributed by atoms with Gasteiger partial charge in [0.2, 0.25) is 15.9 Å². The predicted octanol–water partition coefficient (Wildman–Crippen LogP) is 2.36. The topological polar surface area (TPSA) is 78.5 Å². The summed E-state index contributed by atoms with van der Waals surface area (Å²) in [5, 5.41) is 2.77. The third-order valence-electron chi connectivity index (χ3n) is 4.64. The molecule has 2 N–H and O–H groups in total. The first-order valence-electron chi connectivity index (χ1n) is 9.03. The molecule has 0 aliphatic carbocycles. The van der Waals surface area contributed by atoms with Crippen molar-refractivity contribution in [3.05, 3.63) is 23.8 Å². The molecule has 0 unspecified atom stereocenters. The van der Waals surface area contributed by atoms with Gasteiger partial charge in [-0.25, -0.2) is 13.1 Å². The van der Waals surface area contributed by atoms with Crippen molar-refractivity contribution in [2.75, 3.05) is 25.0 Å². The van der Waals surface area contributed by atoms with Gasteiger partial charge in [0.05, 0.1) is 4.90 Å². The minimum absolute atomic E-state index is 0.0249. The normalized spacial score (nSPS) is 15.8. The van der Waals surface area contributed by atoms with Gasteiger partial charge in [-0.3, -0.25) is 4.79 Å². The van der Waals surface area contributed by atoms with E-state index in [1.54, 1.807) is 18.2 Å². The zero-order valence-corrected chi connectivity index (χ0v) is 16.2. The Kier molecular flexibility index (Phi) is 6.98. The number of rotatable bonds is 9. The molecule has 0 bridgehead atoms. The van der Waals surface area contributed by atoms with Crippen LogP contribution in [0, 0.1) is 0 Å². The molecule has 0 radical (unpaired) electrons. The maximum Gasteiger partial charge on any atom is 0.240 e. The number of hydrogen-bond donors (Lipinski definition) is 2. The number of nitrogens with zero attached hydrogens (tertiary/aromatic N) is 1. The highest BCUT2D eigenvalue weighted by atomic mass is 32.2. The lowest BCUT2D eigenvalue weighted by Crippen LogP contribution is -2.34. The van der Waals surface area contributed by atoms with E-state index in [-0.39, 0.29) is 16.8 Å². The van der Waals surface area contributed by atoms with Crippen molar-refractivity contribution in [2.24, 2.45) is 0 Å². The number of nitrogens with one attached hydrogen (secondary N) is 2. The van der Waals surface area contributed by atoms with Crippen LogP contribution in [0.1, 0.15) is 45.6 Å². The van der Waals surface area contributed by atoms with Crippen molar-refractivity contribution in [1.82, 2.24) is 9.62 Å². The summed E-state index contributed by atoms with van der Waals surface area (Å²) in [6.07, 6.45) is 2.73. The minimum atomic E-state index is -3.54. The number of carbonyl (C=O) groups excluding carboxylic acids is 1. The summed E-state index contributed by atoms with van der Waals surface area (Å²) in [6, 6.07) is 4.78. The van der Waals surface area contributed by atoms with E-state index < -0.39 is 10.0 Å². The Morgan fingerprint density at radius 2 is 1.96 bits per heavy atom. The van der Waals surface area contributed by atoms with Crippen LogP contribution in [0.15, 0.2) is 23.1 Å². The second-order valence-corrected chi connectivity index (χ2v) is 8.27. The van der Waals surface area contributed by atoms with E-state index in [0.717, 1.165) is 38.0 Å². The van der Waals surface area contributed by atoms with Crippen LogP contribution in [-0.4, -0.2) is 44.9 Å². The zero-order chi connectivity index (χ0) is 18.4. The van der Waals surface area contributed by atoms with Crippen LogP contribution < -0.4 is 10.0 Å². The number of sulfonamides is 1. The van der Waals surface area contributed by atoms with E-state index in [1.807, 2.05) is 6.92 Å². The SMILES string of the molecule is CCN(CC)CCC[C@@H](C)NS(=O)(=O)c1ccc2c(c1)CCC(=O)N2. The van der Waals surface area contributed by atoms with Gasteiger partial charge in [-0.2, -0.15) is 0 Å². The van der Waals surface area contributed by atoms with Gasteiger partial charge in [0, 0.05) is 18.2 Å². The van der Waals surface area contributed by atoms with Gasteiger partial charge in [-0.05, 0) is 69.6 Å². The summed E-state index contributed by atoms with van der Waals surface area (Å²) >= 11 is 0. The molecule has 0 aromatic heterocycles. The van der Waals surface area contributed by atoms with E-state index >= 15 is 0 Å². The molecule has 0 saturated carbocycles. The van der Waals surface area contributed by atoms with E-state index in [4.69, 9.17) is 0 Å². The van der Waals surface area contributed by atoms with Gasteiger partial charge in [0.25, 0.3) is 0 Å². The molecular formula is C18H29N3O3S. The summed E-state index contributed by atoms with van der Waals surface area (Å²) in [6.45, 7) is 9.18. The van der Waals surface area contributed by atoms with Gasteiger partial charge in [-0.15, -0.1) is 0 Å². The number of fused-ring (bicyclic) bond motifs is 1. The summed E-state index contributed by atoms with van der Waals surface area (Å²) < 4.78 is 28.0. The molecule has 1 atom stereocenters. The van der Waals surface area contributed by atoms with Gasteiger partial charge in [0.1, 0.15) is 0 Å². The van der Waals surface area contributed by atoms with Crippen LogP contribution in [0.5, 0.6) is 0 Å². The molecule has 1 heterocycles. The van der Waals surface area contributed by atoms with E-state index in [1.165, 1.54) is 0 Å². The number of aryl methyl sites for hydroxylation is 1. The number of amides is 1. The Hall–Kier alpha value is -1.44. The summed E-state index contributed by atoms with van der Waals surface area (Å²) in [4.78, 5) is 14.0. The number of carbonyl (C=O) groups is 1. The Bertz CT molecular complexity index is 700. The summed E-state index contributed by atoms with van der Waals surface area (Å²) in [5.41, 5.74) is 1.58. The molecule has 7 heteroatoms. The Morgan fingerprint density at radius 3 is 2.64 bits per heavy atom. The smallest absolute Gasteiger partial charge is 0.240 e. The van der Waals surface area contributed by atoms with Gasteiger partial charge in [0.15, 0.2) is 0 Å². The number of benzene rings is 1. The molecule has 1 amide bonds. The second kappa shape index (κ2) is 8.78. The maximum atomic E-state index is 12.6. The van der Waals surface area contributed by atoms with E-state index in [0.29, 0.717) is 18.5 Å². The average Bonchev–Trinajstić information content (AvgIpc) is 2.57. The molecular weight excluding hydrogens is 338 g/mol. The van der Waals surface area contributed by atoms with Crippen molar-refractivity contribution in [3.63, 3.8) is 0 Å². The van der Waals surface area contributed by atoms with Crippen LogP contribution in [0.25, 0.3) is 0 Å². The molecule has 1 aromatic rings. The highest BCUT2D eigenvalue weighted by molar-refractivity contribution is 7.89. The predicted molar refractivity (Wildman–Crippen MR) is 100 cm³/mol. The number of hydrogen-bond acceptors (Lipinski definition) is 4. The van der Waals surface area contributed by atoms with Crippen molar-refractivity contribution >= 4 is 21.6 Å². The fourth-order valence-corrected chi connectivity index (χ4v) is 4.41. The molecule has 1 aliphatic rings. The molecule has 0 saturated heterocycles. The molecule has 0 spiro atoms. The maximum absolute atomic E-state index is 12.6. The third-order valence-corrected chi connectivity index (χ3v) is 6.23. The molecule has 25 heavy (non-hydrogen) atoms. The van der Waals surface area contributed by atoms with Crippen LogP contribution >= 0.6 is 0 Å². The van der Waals surface area contributed by atoms with Gasteiger partial charge in [-0.1, -0.05) is 13.8 Å². The minimum Gasteiger partial charge on any atom is -0.326 e. The van der Waals surface area contributed by atoms with Crippen LogP contribution in [0.3, 0.4) is 0 Å². The van der Waals surface area contributed by atoms with Crippen LogP contribution in [-0.2, 0) is 21.2 Å². The van der Waals surface area contributed by atoms with Gasteiger partial charge >= 0.3 is 0 Å². The first kappa shape index (κ1) is 19.9. The molecule has 6 nitrogen and oxygen atoms in total. The molecule has 2 rings (SSSR count). The monoisotopic (exact) mass is 367 g/mol. The van der Waals surface area contributed by atoms with Crippen molar-refractivity contribution in [3.8, 4) is 0 Å². The van der Waals surface area contributed by atoms with Gasteiger partial charge < -0.3 is 10.2 Å². The Balaban J connectivity index is 1.96. The fraction of sp³-hybridized carbons (Fsp3) is 0.611. The first-order chi connectivity index (χ1) is 11.9. The summed E-state index contributed by atoms with van der Waals surface area (Å²) in [5.74, 6) is -0.0249. The quantitative estimate of drug-likeness (QED) is 0.702. The van der Waals surface area contributed by atoms with Crippen molar-refractivity contribution in [2.45, 2.75) is 57.4 Å².